The van der Waals surface area contributed by atoms with Gasteiger partial charge < -0.3 is 14.3 Å². The molecule has 0 spiro atoms. The molecular weight excluding hydrogens is 234 g/mol. The summed E-state index contributed by atoms with van der Waals surface area (Å²) >= 11 is 0. The first-order chi connectivity index (χ1) is 8.51. The van der Waals surface area contributed by atoms with Crippen molar-refractivity contribution in [1.82, 2.24) is 5.16 Å². The number of nitrogens with zero attached hydrogens (tertiary/aromatic N) is 3. The van der Waals surface area contributed by atoms with E-state index in [1.807, 2.05) is 20.8 Å². The standard InChI is InChI=1S/C12H19N3O3/c1-6-15(7-2)12-8(3)11(14-18-12)9(4)13-17-10(5)16/h6-7H2,1-5H3/b13-9-. The summed E-state index contributed by atoms with van der Waals surface area (Å²) < 4.78 is 5.32. The summed E-state index contributed by atoms with van der Waals surface area (Å²) in [4.78, 5) is 17.3. The lowest BCUT2D eigenvalue weighted by atomic mass is 10.2. The normalized spacial score (nSPS) is 11.5. The molecule has 100 valence electrons. The molecule has 0 bridgehead atoms. The third-order valence-corrected chi connectivity index (χ3v) is 2.60. The van der Waals surface area contributed by atoms with E-state index in [4.69, 9.17) is 4.52 Å². The van der Waals surface area contributed by atoms with Crippen molar-refractivity contribution in [3.63, 3.8) is 0 Å². The molecule has 0 N–H and O–H groups in total. The molecule has 0 saturated heterocycles. The van der Waals surface area contributed by atoms with Gasteiger partial charge in [-0.1, -0.05) is 10.3 Å². The van der Waals surface area contributed by atoms with E-state index in [0.29, 0.717) is 11.4 Å². The maximum Gasteiger partial charge on any atom is 0.331 e. The fraction of sp³-hybridized carbons (Fsp3) is 0.583. The van der Waals surface area contributed by atoms with E-state index in [-0.39, 0.29) is 0 Å². The Morgan fingerprint density at radius 3 is 2.50 bits per heavy atom. The number of rotatable bonds is 5. The van der Waals surface area contributed by atoms with Gasteiger partial charge >= 0.3 is 5.97 Å². The summed E-state index contributed by atoms with van der Waals surface area (Å²) in [6, 6.07) is 0. The fourth-order valence-corrected chi connectivity index (χ4v) is 1.65. The Morgan fingerprint density at radius 1 is 1.39 bits per heavy atom. The number of anilines is 1. The van der Waals surface area contributed by atoms with Crippen molar-refractivity contribution in [2.45, 2.75) is 34.6 Å². The van der Waals surface area contributed by atoms with Crippen LogP contribution in [0.2, 0.25) is 0 Å². The van der Waals surface area contributed by atoms with Gasteiger partial charge in [-0.2, -0.15) is 0 Å². The highest BCUT2D eigenvalue weighted by molar-refractivity contribution is 5.98. The molecule has 0 aliphatic carbocycles. The van der Waals surface area contributed by atoms with E-state index in [2.05, 4.69) is 20.0 Å². The van der Waals surface area contributed by atoms with Crippen LogP contribution in [0, 0.1) is 6.92 Å². The van der Waals surface area contributed by atoms with Gasteiger partial charge in [0.05, 0.1) is 0 Å². The molecule has 0 aromatic carbocycles. The second-order valence-corrected chi connectivity index (χ2v) is 3.89. The smallest absolute Gasteiger partial charge is 0.331 e. The van der Waals surface area contributed by atoms with Crippen molar-refractivity contribution in [2.75, 3.05) is 18.0 Å². The Kier molecular flexibility index (Phi) is 4.88. The summed E-state index contributed by atoms with van der Waals surface area (Å²) in [6.07, 6.45) is 0. The fourth-order valence-electron chi connectivity index (χ4n) is 1.65. The molecule has 1 rings (SSSR count). The molecule has 1 heterocycles. The molecular formula is C12H19N3O3. The van der Waals surface area contributed by atoms with Crippen LogP contribution in [0.1, 0.15) is 39.0 Å². The minimum Gasteiger partial charge on any atom is -0.341 e. The monoisotopic (exact) mass is 253 g/mol. The number of oxime groups is 1. The average Bonchev–Trinajstić information content (AvgIpc) is 2.70. The van der Waals surface area contributed by atoms with Crippen molar-refractivity contribution in [3.8, 4) is 0 Å². The minimum atomic E-state index is -0.459. The molecule has 0 radical (unpaired) electrons. The van der Waals surface area contributed by atoms with Crippen molar-refractivity contribution < 1.29 is 14.2 Å². The van der Waals surface area contributed by atoms with Crippen molar-refractivity contribution in [2.24, 2.45) is 5.16 Å². The number of aromatic nitrogens is 1. The number of carbonyl (C=O) groups is 1. The third kappa shape index (κ3) is 3.09. The summed E-state index contributed by atoms with van der Waals surface area (Å²) in [7, 11) is 0. The maximum atomic E-state index is 10.7. The zero-order valence-corrected chi connectivity index (χ0v) is 11.5. The van der Waals surface area contributed by atoms with Gasteiger partial charge in [0.1, 0.15) is 11.4 Å². The first-order valence-electron chi connectivity index (χ1n) is 5.95. The summed E-state index contributed by atoms with van der Waals surface area (Å²) in [6.45, 7) is 10.7. The Labute approximate surface area is 107 Å². The van der Waals surface area contributed by atoms with E-state index < -0.39 is 5.97 Å². The third-order valence-electron chi connectivity index (χ3n) is 2.60. The average molecular weight is 253 g/mol. The lowest BCUT2D eigenvalue weighted by Crippen LogP contribution is -2.22. The van der Waals surface area contributed by atoms with Gasteiger partial charge in [-0.3, -0.25) is 0 Å². The topological polar surface area (TPSA) is 67.9 Å². The van der Waals surface area contributed by atoms with Crippen molar-refractivity contribution in [1.29, 1.82) is 0 Å². The molecule has 18 heavy (non-hydrogen) atoms. The molecule has 6 nitrogen and oxygen atoms in total. The molecule has 1 aromatic rings. The van der Waals surface area contributed by atoms with Gasteiger partial charge in [-0.15, -0.1) is 0 Å². The van der Waals surface area contributed by atoms with Crippen LogP contribution in [-0.4, -0.2) is 29.9 Å². The highest BCUT2D eigenvalue weighted by Gasteiger charge is 2.18. The van der Waals surface area contributed by atoms with Crippen LogP contribution in [0.15, 0.2) is 9.68 Å². The first-order valence-corrected chi connectivity index (χ1v) is 5.95. The molecule has 0 unspecified atom stereocenters. The van der Waals surface area contributed by atoms with Crippen LogP contribution in [0.5, 0.6) is 0 Å². The molecule has 0 aliphatic rings. The van der Waals surface area contributed by atoms with E-state index in [0.717, 1.165) is 24.5 Å². The van der Waals surface area contributed by atoms with Crippen LogP contribution in [0.4, 0.5) is 5.88 Å². The van der Waals surface area contributed by atoms with Crippen molar-refractivity contribution in [3.05, 3.63) is 11.3 Å². The molecule has 0 amide bonds. The van der Waals surface area contributed by atoms with Crippen LogP contribution < -0.4 is 4.90 Å². The van der Waals surface area contributed by atoms with Gasteiger partial charge in [0, 0.05) is 25.6 Å². The van der Waals surface area contributed by atoms with Gasteiger partial charge in [0.15, 0.2) is 0 Å². The molecule has 0 saturated carbocycles. The molecule has 6 heteroatoms. The maximum absolute atomic E-state index is 10.7. The van der Waals surface area contributed by atoms with Crippen LogP contribution in [0.3, 0.4) is 0 Å². The Morgan fingerprint density at radius 2 is 2.00 bits per heavy atom. The second kappa shape index (κ2) is 6.18. The Hall–Kier alpha value is -1.85. The SMILES string of the molecule is CCN(CC)c1onc(/C(C)=N\OC(C)=O)c1C. The Bertz CT molecular complexity index is 447. The minimum absolute atomic E-state index is 0.459. The highest BCUT2D eigenvalue weighted by atomic mass is 16.7. The van der Waals surface area contributed by atoms with Gasteiger partial charge in [0.25, 0.3) is 0 Å². The lowest BCUT2D eigenvalue weighted by molar-refractivity contribution is -0.140. The van der Waals surface area contributed by atoms with Crippen LogP contribution >= 0.6 is 0 Å². The number of hydrogen-bond acceptors (Lipinski definition) is 6. The van der Waals surface area contributed by atoms with E-state index >= 15 is 0 Å². The predicted molar refractivity (Wildman–Crippen MR) is 68.8 cm³/mol. The highest BCUT2D eigenvalue weighted by Crippen LogP contribution is 2.23. The summed E-state index contributed by atoms with van der Waals surface area (Å²) in [5, 5.41) is 7.68. The van der Waals surface area contributed by atoms with E-state index in [9.17, 15) is 4.79 Å². The van der Waals surface area contributed by atoms with E-state index in [1.165, 1.54) is 6.92 Å². The van der Waals surface area contributed by atoms with Crippen molar-refractivity contribution >= 4 is 17.6 Å². The van der Waals surface area contributed by atoms with Crippen LogP contribution in [0.25, 0.3) is 0 Å². The largest absolute Gasteiger partial charge is 0.341 e. The quantitative estimate of drug-likeness (QED) is 0.456. The first kappa shape index (κ1) is 14.2. The lowest BCUT2D eigenvalue weighted by Gasteiger charge is -2.17. The molecule has 0 aliphatic heterocycles. The Balaban J connectivity index is 2.99. The summed E-state index contributed by atoms with van der Waals surface area (Å²) in [5.41, 5.74) is 2.02. The zero-order chi connectivity index (χ0) is 13.7. The zero-order valence-electron chi connectivity index (χ0n) is 11.5. The van der Waals surface area contributed by atoms with Gasteiger partial charge in [-0.05, 0) is 27.7 Å². The second-order valence-electron chi connectivity index (χ2n) is 3.89. The van der Waals surface area contributed by atoms with Gasteiger partial charge in [0.2, 0.25) is 5.88 Å². The predicted octanol–water partition coefficient (Wildman–Crippen LogP) is 2.12. The summed E-state index contributed by atoms with van der Waals surface area (Å²) in [5.74, 6) is 0.270. The molecule has 0 atom stereocenters. The molecule has 0 fully saturated rings. The van der Waals surface area contributed by atoms with Gasteiger partial charge in [-0.25, -0.2) is 4.79 Å². The number of carbonyl (C=O) groups excluding carboxylic acids is 1. The van der Waals surface area contributed by atoms with Crippen LogP contribution in [-0.2, 0) is 9.63 Å². The molecule has 1 aromatic heterocycles. The number of hydrogen-bond donors (Lipinski definition) is 0. The van der Waals surface area contributed by atoms with E-state index in [1.54, 1.807) is 6.92 Å².